The van der Waals surface area contributed by atoms with Crippen LogP contribution in [0.25, 0.3) is 0 Å². The van der Waals surface area contributed by atoms with Gasteiger partial charge in [-0.2, -0.15) is 0 Å². The Labute approximate surface area is 164 Å². The summed E-state index contributed by atoms with van der Waals surface area (Å²) in [5, 5.41) is 40.0. The molecule has 0 saturated heterocycles. The molecule has 2 aromatic rings. The highest BCUT2D eigenvalue weighted by Crippen LogP contribution is 2.47. The maximum absolute atomic E-state index is 13.7. The molecular weight excluding hydrogens is 356 g/mol. The summed E-state index contributed by atoms with van der Waals surface area (Å²) in [7, 11) is 0. The number of aromatic hydroxyl groups is 4. The van der Waals surface area contributed by atoms with Crippen molar-refractivity contribution in [3.05, 3.63) is 47.5 Å². The molecule has 0 bridgehead atoms. The first-order valence-electron chi connectivity index (χ1n) is 10.00. The molecule has 2 aliphatic carbocycles. The zero-order valence-electron chi connectivity index (χ0n) is 15.7. The van der Waals surface area contributed by atoms with Crippen LogP contribution < -0.4 is 0 Å². The maximum Gasteiger partial charge on any atom is 0.148 e. The van der Waals surface area contributed by atoms with E-state index in [0.29, 0.717) is 35.8 Å². The molecular formula is C23H26O5. The lowest BCUT2D eigenvalue weighted by molar-refractivity contribution is -0.122. The zero-order valence-corrected chi connectivity index (χ0v) is 15.7. The van der Waals surface area contributed by atoms with Crippen LogP contribution in [0, 0.1) is 11.8 Å². The van der Waals surface area contributed by atoms with Crippen molar-refractivity contribution in [2.75, 3.05) is 0 Å². The summed E-state index contributed by atoms with van der Waals surface area (Å²) in [6, 6.07) is 8.79. The van der Waals surface area contributed by atoms with E-state index >= 15 is 0 Å². The predicted molar refractivity (Wildman–Crippen MR) is 105 cm³/mol. The highest BCUT2D eigenvalue weighted by molar-refractivity contribution is 5.93. The van der Waals surface area contributed by atoms with Gasteiger partial charge in [0.05, 0.1) is 0 Å². The second-order valence-corrected chi connectivity index (χ2v) is 8.35. The topological polar surface area (TPSA) is 98.0 Å². The van der Waals surface area contributed by atoms with Crippen LogP contribution in [0.3, 0.4) is 0 Å². The minimum absolute atomic E-state index is 0.0132. The van der Waals surface area contributed by atoms with Gasteiger partial charge in [0.2, 0.25) is 0 Å². The number of hydrogen-bond acceptors (Lipinski definition) is 5. The molecule has 148 valence electrons. The smallest absolute Gasteiger partial charge is 0.148 e. The minimum Gasteiger partial charge on any atom is -0.508 e. The Morgan fingerprint density at radius 1 is 0.750 bits per heavy atom. The Morgan fingerprint density at radius 3 is 1.46 bits per heavy atom. The summed E-state index contributed by atoms with van der Waals surface area (Å²) >= 11 is 0. The van der Waals surface area contributed by atoms with Gasteiger partial charge >= 0.3 is 0 Å². The molecule has 4 rings (SSSR count). The van der Waals surface area contributed by atoms with E-state index in [0.717, 1.165) is 25.7 Å². The largest absolute Gasteiger partial charge is 0.508 e. The van der Waals surface area contributed by atoms with E-state index in [4.69, 9.17) is 0 Å². The van der Waals surface area contributed by atoms with Crippen LogP contribution in [-0.2, 0) is 4.79 Å². The molecule has 2 unspecified atom stereocenters. The Balaban J connectivity index is 1.70. The molecule has 2 saturated carbocycles. The molecule has 4 N–H and O–H groups in total. The molecule has 2 aromatic carbocycles. The van der Waals surface area contributed by atoms with Gasteiger partial charge in [-0.1, -0.05) is 37.8 Å². The van der Waals surface area contributed by atoms with Gasteiger partial charge in [-0.25, -0.2) is 0 Å². The van der Waals surface area contributed by atoms with Crippen molar-refractivity contribution in [1.29, 1.82) is 0 Å². The van der Waals surface area contributed by atoms with Gasteiger partial charge in [-0.15, -0.1) is 0 Å². The molecule has 2 atom stereocenters. The van der Waals surface area contributed by atoms with E-state index in [9.17, 15) is 25.2 Å². The summed E-state index contributed by atoms with van der Waals surface area (Å²) in [4.78, 5) is 13.7. The van der Waals surface area contributed by atoms with Crippen LogP contribution in [-0.4, -0.2) is 26.2 Å². The van der Waals surface area contributed by atoms with Gasteiger partial charge < -0.3 is 20.4 Å². The number of carbonyl (C=O) groups excluding carboxylic acids is 1. The van der Waals surface area contributed by atoms with E-state index in [1.807, 2.05) is 0 Å². The number of phenols is 4. The van der Waals surface area contributed by atoms with Gasteiger partial charge in [0.15, 0.2) is 0 Å². The number of hydrogen-bond donors (Lipinski definition) is 4. The van der Waals surface area contributed by atoms with Crippen LogP contribution in [0.5, 0.6) is 23.0 Å². The lowest BCUT2D eigenvalue weighted by Gasteiger charge is -2.25. The Morgan fingerprint density at radius 2 is 1.14 bits per heavy atom. The number of phenolic OH excluding ortho intramolecular Hbond substituents is 4. The fourth-order valence-electron chi connectivity index (χ4n) is 4.06. The fraction of sp³-hybridized carbons (Fsp3) is 0.435. The SMILES string of the molecule is O=C(C(CC1CC1)c1ccc(O)cc1O)C(CC1CC1)c1ccc(O)cc1O. The molecule has 0 aromatic heterocycles. The van der Waals surface area contributed by atoms with Gasteiger partial charge in [0.25, 0.3) is 0 Å². The molecule has 0 aliphatic heterocycles. The lowest BCUT2D eigenvalue weighted by atomic mass is 9.78. The van der Waals surface area contributed by atoms with Gasteiger partial charge in [0.1, 0.15) is 28.8 Å². The lowest BCUT2D eigenvalue weighted by Crippen LogP contribution is -2.22. The number of benzene rings is 2. The normalized spacial score (nSPS) is 18.6. The quantitative estimate of drug-likeness (QED) is 0.537. The predicted octanol–water partition coefficient (Wildman–Crippen LogP) is 4.55. The monoisotopic (exact) mass is 382 g/mol. The van der Waals surface area contributed by atoms with Crippen molar-refractivity contribution in [3.8, 4) is 23.0 Å². The third-order valence-electron chi connectivity index (χ3n) is 6.00. The first kappa shape index (κ1) is 18.7. The average Bonchev–Trinajstić information content (AvgIpc) is 3.54. The van der Waals surface area contributed by atoms with E-state index in [1.165, 1.54) is 24.3 Å². The van der Waals surface area contributed by atoms with Crippen molar-refractivity contribution in [2.45, 2.75) is 50.4 Å². The average molecular weight is 382 g/mol. The molecule has 2 aliphatic rings. The van der Waals surface area contributed by atoms with Crippen molar-refractivity contribution in [3.63, 3.8) is 0 Å². The minimum atomic E-state index is -0.481. The van der Waals surface area contributed by atoms with E-state index in [1.54, 1.807) is 12.1 Å². The van der Waals surface area contributed by atoms with E-state index in [2.05, 4.69) is 0 Å². The highest BCUT2D eigenvalue weighted by Gasteiger charge is 2.38. The Hall–Kier alpha value is -2.69. The zero-order chi connectivity index (χ0) is 19.8. The summed E-state index contributed by atoms with van der Waals surface area (Å²) < 4.78 is 0. The Bertz CT molecular complexity index is 811. The third-order valence-corrected chi connectivity index (χ3v) is 6.00. The fourth-order valence-corrected chi connectivity index (χ4v) is 4.06. The summed E-state index contributed by atoms with van der Waals surface area (Å²) in [5.74, 6) is -0.252. The number of carbonyl (C=O) groups is 1. The highest BCUT2D eigenvalue weighted by atomic mass is 16.3. The van der Waals surface area contributed by atoms with Crippen molar-refractivity contribution in [2.24, 2.45) is 11.8 Å². The first-order chi connectivity index (χ1) is 13.4. The molecule has 2 fully saturated rings. The van der Waals surface area contributed by atoms with E-state index < -0.39 is 11.8 Å². The first-order valence-corrected chi connectivity index (χ1v) is 10.00. The van der Waals surface area contributed by atoms with Crippen molar-refractivity contribution >= 4 is 5.78 Å². The standard InChI is InChI=1S/C23H26O5/c24-15-5-7-17(21(26)11-15)19(9-13-1-2-13)23(28)20(10-14-3-4-14)18-8-6-16(25)12-22(18)27/h5-8,11-14,19-20,24-27H,1-4,9-10H2. The number of rotatable bonds is 8. The molecule has 0 spiro atoms. The molecule has 5 heteroatoms. The Kier molecular flexibility index (Phi) is 4.92. The molecule has 0 heterocycles. The van der Waals surface area contributed by atoms with Gasteiger partial charge in [-0.05, 0) is 36.8 Å². The maximum atomic E-state index is 13.7. The van der Waals surface area contributed by atoms with Crippen molar-refractivity contribution < 1.29 is 25.2 Å². The van der Waals surface area contributed by atoms with Crippen LogP contribution >= 0.6 is 0 Å². The second kappa shape index (κ2) is 7.38. The van der Waals surface area contributed by atoms with Crippen molar-refractivity contribution in [1.82, 2.24) is 0 Å². The summed E-state index contributed by atoms with van der Waals surface area (Å²) in [5.41, 5.74) is 1.07. The van der Waals surface area contributed by atoms with Crippen LogP contribution in [0.2, 0.25) is 0 Å². The summed E-state index contributed by atoms with van der Waals surface area (Å²) in [6.07, 6.45) is 5.66. The molecule has 0 radical (unpaired) electrons. The molecule has 5 nitrogen and oxygen atoms in total. The van der Waals surface area contributed by atoms with Gasteiger partial charge in [-0.3, -0.25) is 4.79 Å². The summed E-state index contributed by atoms with van der Waals surface area (Å²) in [6.45, 7) is 0. The van der Waals surface area contributed by atoms with Crippen LogP contribution in [0.1, 0.15) is 61.5 Å². The molecule has 28 heavy (non-hydrogen) atoms. The number of ketones is 1. The second-order valence-electron chi connectivity index (χ2n) is 8.35. The van der Waals surface area contributed by atoms with E-state index in [-0.39, 0.29) is 28.8 Å². The van der Waals surface area contributed by atoms with Gasteiger partial charge in [0, 0.05) is 35.1 Å². The third kappa shape index (κ3) is 4.08. The van der Waals surface area contributed by atoms with Crippen LogP contribution in [0.4, 0.5) is 0 Å². The van der Waals surface area contributed by atoms with Crippen LogP contribution in [0.15, 0.2) is 36.4 Å². The number of Topliss-reactive ketones (excluding diaryl/α,β-unsaturated/α-hetero) is 1. The molecule has 0 amide bonds.